The lowest BCUT2D eigenvalue weighted by Gasteiger charge is -2.19. The minimum Gasteiger partial charge on any atom is -0.384 e. The van der Waals surface area contributed by atoms with Gasteiger partial charge in [0.15, 0.2) is 0 Å². The van der Waals surface area contributed by atoms with Gasteiger partial charge in [-0.15, -0.1) is 0 Å². The maximum atomic E-state index is 5.82. The Bertz CT molecular complexity index is 549. The molecular formula is C15H20N4. The maximum absolute atomic E-state index is 5.82. The van der Waals surface area contributed by atoms with E-state index in [1.807, 2.05) is 18.9 Å². The van der Waals surface area contributed by atoms with Gasteiger partial charge in [-0.3, -0.25) is 0 Å². The molecule has 4 nitrogen and oxygen atoms in total. The lowest BCUT2D eigenvalue weighted by molar-refractivity contribution is 0.931. The molecular weight excluding hydrogens is 236 g/mol. The van der Waals surface area contributed by atoms with Gasteiger partial charge >= 0.3 is 0 Å². The van der Waals surface area contributed by atoms with E-state index >= 15 is 0 Å². The fourth-order valence-electron chi connectivity index (χ4n) is 1.92. The third-order valence-electron chi connectivity index (χ3n) is 3.17. The van der Waals surface area contributed by atoms with Crippen molar-refractivity contribution >= 4 is 17.3 Å². The molecule has 2 N–H and O–H groups in total. The summed E-state index contributed by atoms with van der Waals surface area (Å²) in [6.07, 6.45) is 1.82. The van der Waals surface area contributed by atoms with Crippen molar-refractivity contribution in [1.82, 2.24) is 9.97 Å². The van der Waals surface area contributed by atoms with Crippen molar-refractivity contribution in [3.05, 3.63) is 41.7 Å². The first-order valence-corrected chi connectivity index (χ1v) is 6.60. The molecule has 0 aliphatic carbocycles. The second kappa shape index (κ2) is 5.69. The summed E-state index contributed by atoms with van der Waals surface area (Å²) < 4.78 is 0. The van der Waals surface area contributed by atoms with E-state index in [1.165, 1.54) is 5.56 Å². The van der Waals surface area contributed by atoms with Gasteiger partial charge in [0.2, 0.25) is 0 Å². The molecule has 0 saturated carbocycles. The van der Waals surface area contributed by atoms with Gasteiger partial charge in [0, 0.05) is 25.2 Å². The van der Waals surface area contributed by atoms with Crippen molar-refractivity contribution in [2.24, 2.45) is 0 Å². The fourth-order valence-corrected chi connectivity index (χ4v) is 1.92. The summed E-state index contributed by atoms with van der Waals surface area (Å²) in [4.78, 5) is 10.7. The Hall–Kier alpha value is -2.10. The molecule has 100 valence electrons. The number of rotatable bonds is 4. The molecule has 0 unspecified atom stereocenters. The van der Waals surface area contributed by atoms with Crippen LogP contribution in [0.15, 0.2) is 30.3 Å². The van der Waals surface area contributed by atoms with E-state index in [2.05, 4.69) is 41.2 Å². The van der Waals surface area contributed by atoms with E-state index in [0.29, 0.717) is 5.82 Å². The first-order valence-electron chi connectivity index (χ1n) is 6.60. The molecule has 1 aromatic heterocycles. The molecule has 0 spiro atoms. The molecule has 0 amide bonds. The van der Waals surface area contributed by atoms with Crippen molar-refractivity contribution in [2.75, 3.05) is 17.7 Å². The number of nitrogens with zero attached hydrogens (tertiary/aromatic N) is 3. The molecule has 0 radical (unpaired) electrons. The smallest absolute Gasteiger partial charge is 0.138 e. The van der Waals surface area contributed by atoms with Crippen LogP contribution < -0.4 is 10.6 Å². The van der Waals surface area contributed by atoms with Crippen LogP contribution in [-0.2, 0) is 12.8 Å². The summed E-state index contributed by atoms with van der Waals surface area (Å²) in [5.74, 6) is 2.11. The Morgan fingerprint density at radius 2 is 1.74 bits per heavy atom. The van der Waals surface area contributed by atoms with Crippen molar-refractivity contribution in [3.63, 3.8) is 0 Å². The van der Waals surface area contributed by atoms with Crippen LogP contribution in [0.4, 0.5) is 17.3 Å². The maximum Gasteiger partial charge on any atom is 0.138 e. The fraction of sp³-hybridized carbons (Fsp3) is 0.333. The second-order valence-corrected chi connectivity index (χ2v) is 4.50. The van der Waals surface area contributed by atoms with Gasteiger partial charge in [-0.2, -0.15) is 0 Å². The first-order chi connectivity index (χ1) is 9.13. The van der Waals surface area contributed by atoms with Crippen LogP contribution in [0.5, 0.6) is 0 Å². The van der Waals surface area contributed by atoms with Crippen LogP contribution in [0.3, 0.4) is 0 Å². The number of nitrogen functional groups attached to an aromatic ring is 1. The predicted octanol–water partition coefficient (Wildman–Crippen LogP) is 2.95. The van der Waals surface area contributed by atoms with Gasteiger partial charge in [-0.25, -0.2) is 9.97 Å². The average Bonchev–Trinajstić information content (AvgIpc) is 2.46. The van der Waals surface area contributed by atoms with E-state index < -0.39 is 0 Å². The van der Waals surface area contributed by atoms with Crippen molar-refractivity contribution in [2.45, 2.75) is 26.7 Å². The largest absolute Gasteiger partial charge is 0.384 e. The highest BCUT2D eigenvalue weighted by Crippen LogP contribution is 2.23. The number of aryl methyl sites for hydroxylation is 2. The summed E-state index contributed by atoms with van der Waals surface area (Å²) in [5, 5.41) is 0. The molecule has 19 heavy (non-hydrogen) atoms. The number of aromatic nitrogens is 2. The zero-order valence-corrected chi connectivity index (χ0v) is 11.7. The van der Waals surface area contributed by atoms with Crippen LogP contribution >= 0.6 is 0 Å². The number of benzene rings is 1. The SMILES string of the molecule is CCc1ccc(N(C)c2cc(N)nc(CC)n2)cc1. The Morgan fingerprint density at radius 3 is 2.32 bits per heavy atom. The molecule has 0 fully saturated rings. The lowest BCUT2D eigenvalue weighted by atomic mass is 10.1. The van der Waals surface area contributed by atoms with Crippen LogP contribution in [-0.4, -0.2) is 17.0 Å². The molecule has 2 aromatic rings. The molecule has 1 aromatic carbocycles. The van der Waals surface area contributed by atoms with Gasteiger partial charge in [0.25, 0.3) is 0 Å². The van der Waals surface area contributed by atoms with E-state index in [0.717, 1.165) is 30.2 Å². The van der Waals surface area contributed by atoms with Crippen LogP contribution in [0, 0.1) is 0 Å². The van der Waals surface area contributed by atoms with Crippen LogP contribution in [0.2, 0.25) is 0 Å². The summed E-state index contributed by atoms with van der Waals surface area (Å²) in [6, 6.07) is 10.3. The zero-order chi connectivity index (χ0) is 13.8. The Morgan fingerprint density at radius 1 is 1.05 bits per heavy atom. The van der Waals surface area contributed by atoms with Gasteiger partial charge < -0.3 is 10.6 Å². The topological polar surface area (TPSA) is 55.0 Å². The van der Waals surface area contributed by atoms with Gasteiger partial charge in [0.1, 0.15) is 17.5 Å². The summed E-state index contributed by atoms with van der Waals surface area (Å²) in [5.41, 5.74) is 8.24. The van der Waals surface area contributed by atoms with Gasteiger partial charge in [-0.1, -0.05) is 26.0 Å². The monoisotopic (exact) mass is 256 g/mol. The van der Waals surface area contributed by atoms with Crippen molar-refractivity contribution in [1.29, 1.82) is 0 Å². The van der Waals surface area contributed by atoms with Crippen LogP contribution in [0.25, 0.3) is 0 Å². The van der Waals surface area contributed by atoms with E-state index in [4.69, 9.17) is 5.73 Å². The molecule has 0 bridgehead atoms. The summed E-state index contributed by atoms with van der Waals surface area (Å²) >= 11 is 0. The summed E-state index contributed by atoms with van der Waals surface area (Å²) in [6.45, 7) is 4.17. The minimum absolute atomic E-state index is 0.513. The molecule has 0 aliphatic rings. The van der Waals surface area contributed by atoms with Crippen molar-refractivity contribution < 1.29 is 0 Å². The number of anilines is 3. The highest BCUT2D eigenvalue weighted by atomic mass is 15.2. The number of hydrogen-bond donors (Lipinski definition) is 1. The lowest BCUT2D eigenvalue weighted by Crippen LogP contribution is -2.13. The van der Waals surface area contributed by atoms with E-state index in [1.54, 1.807) is 6.07 Å². The Labute approximate surface area is 114 Å². The molecule has 1 heterocycles. The van der Waals surface area contributed by atoms with Gasteiger partial charge in [0.05, 0.1) is 0 Å². The average molecular weight is 256 g/mol. The number of hydrogen-bond acceptors (Lipinski definition) is 4. The summed E-state index contributed by atoms with van der Waals surface area (Å²) in [7, 11) is 1.99. The molecule has 2 rings (SSSR count). The van der Waals surface area contributed by atoms with Gasteiger partial charge in [-0.05, 0) is 24.1 Å². The molecule has 0 atom stereocenters. The normalized spacial score (nSPS) is 10.5. The first kappa shape index (κ1) is 13.3. The Balaban J connectivity index is 2.31. The minimum atomic E-state index is 0.513. The molecule has 0 aliphatic heterocycles. The third-order valence-corrected chi connectivity index (χ3v) is 3.17. The standard InChI is InChI=1S/C15H20N4/c1-4-11-6-8-12(9-7-11)19(3)15-10-13(16)17-14(5-2)18-15/h6-10H,4-5H2,1-3H3,(H2,16,17,18). The highest BCUT2D eigenvalue weighted by Gasteiger charge is 2.08. The number of nitrogens with two attached hydrogens (primary N) is 1. The van der Waals surface area contributed by atoms with Crippen molar-refractivity contribution in [3.8, 4) is 0 Å². The van der Waals surface area contributed by atoms with Crippen LogP contribution in [0.1, 0.15) is 25.2 Å². The van der Waals surface area contributed by atoms with E-state index in [9.17, 15) is 0 Å². The molecule has 0 saturated heterocycles. The predicted molar refractivity (Wildman–Crippen MR) is 79.7 cm³/mol. The van der Waals surface area contributed by atoms with E-state index in [-0.39, 0.29) is 0 Å². The quantitative estimate of drug-likeness (QED) is 0.913. The third kappa shape index (κ3) is 3.02. The highest BCUT2D eigenvalue weighted by molar-refractivity contribution is 5.61. The Kier molecular flexibility index (Phi) is 4.00. The second-order valence-electron chi connectivity index (χ2n) is 4.50. The zero-order valence-electron chi connectivity index (χ0n) is 11.7. The molecule has 4 heteroatoms.